The van der Waals surface area contributed by atoms with Gasteiger partial charge in [-0.25, -0.2) is 0 Å². The van der Waals surface area contributed by atoms with E-state index in [1.807, 2.05) is 6.92 Å². The number of aromatic nitrogens is 1. The van der Waals surface area contributed by atoms with Gasteiger partial charge in [-0.05, 0) is 42.7 Å². The quantitative estimate of drug-likeness (QED) is 0.856. The fraction of sp³-hybridized carbons (Fsp3) is 0.467. The molecule has 1 aromatic carbocycles. The first-order valence-corrected chi connectivity index (χ1v) is 6.49. The van der Waals surface area contributed by atoms with E-state index in [0.29, 0.717) is 0 Å². The van der Waals surface area contributed by atoms with Crippen LogP contribution >= 0.6 is 0 Å². The summed E-state index contributed by atoms with van der Waals surface area (Å²) in [4.78, 5) is 0. The Bertz CT molecular complexity index is 523. The number of rotatable bonds is 4. The van der Waals surface area contributed by atoms with Crippen molar-refractivity contribution in [1.29, 1.82) is 0 Å². The van der Waals surface area contributed by atoms with E-state index in [-0.39, 0.29) is 6.10 Å². The molecule has 1 aliphatic carbocycles. The monoisotopic (exact) mass is 229 g/mol. The molecule has 3 rings (SSSR count). The van der Waals surface area contributed by atoms with E-state index < -0.39 is 0 Å². The summed E-state index contributed by atoms with van der Waals surface area (Å²) in [5.41, 5.74) is 2.59. The molecule has 1 saturated carbocycles. The largest absolute Gasteiger partial charge is 0.393 e. The lowest BCUT2D eigenvalue weighted by Gasteiger charge is -2.10. The molecule has 90 valence electrons. The Morgan fingerprint density at radius 3 is 2.88 bits per heavy atom. The number of aliphatic hydroxyl groups excluding tert-OH is 1. The van der Waals surface area contributed by atoms with Crippen LogP contribution in [0.1, 0.15) is 25.3 Å². The summed E-state index contributed by atoms with van der Waals surface area (Å²) < 4.78 is 2.37. The first-order valence-electron chi connectivity index (χ1n) is 6.49. The van der Waals surface area contributed by atoms with Gasteiger partial charge >= 0.3 is 0 Å². The number of benzene rings is 1. The molecule has 0 spiro atoms. The summed E-state index contributed by atoms with van der Waals surface area (Å²) >= 11 is 0. The third-order valence-corrected chi connectivity index (χ3v) is 3.54. The first-order chi connectivity index (χ1) is 8.24. The van der Waals surface area contributed by atoms with Crippen molar-refractivity contribution in [2.24, 2.45) is 5.92 Å². The van der Waals surface area contributed by atoms with Crippen LogP contribution in [0.5, 0.6) is 0 Å². The number of aliphatic hydroxyl groups is 1. The van der Waals surface area contributed by atoms with Crippen molar-refractivity contribution >= 4 is 10.9 Å². The Hall–Kier alpha value is -1.28. The van der Waals surface area contributed by atoms with Crippen LogP contribution in [0.15, 0.2) is 30.5 Å². The van der Waals surface area contributed by atoms with Crippen LogP contribution in [0.3, 0.4) is 0 Å². The Morgan fingerprint density at radius 2 is 2.18 bits per heavy atom. The van der Waals surface area contributed by atoms with E-state index >= 15 is 0 Å². The van der Waals surface area contributed by atoms with Crippen molar-refractivity contribution in [1.82, 2.24) is 4.57 Å². The second-order valence-electron chi connectivity index (χ2n) is 5.32. The second kappa shape index (κ2) is 4.19. The lowest BCUT2D eigenvalue weighted by Crippen LogP contribution is -2.07. The average molecular weight is 229 g/mol. The van der Waals surface area contributed by atoms with Crippen LogP contribution in [-0.4, -0.2) is 15.8 Å². The maximum Gasteiger partial charge on any atom is 0.0553 e. The molecule has 2 heteroatoms. The zero-order valence-corrected chi connectivity index (χ0v) is 10.3. The molecule has 0 saturated heterocycles. The molecule has 0 amide bonds. The fourth-order valence-corrected chi connectivity index (χ4v) is 2.55. The molecule has 0 radical (unpaired) electrons. The molecule has 0 bridgehead atoms. The van der Waals surface area contributed by atoms with Crippen LogP contribution in [-0.2, 0) is 13.0 Å². The third kappa shape index (κ3) is 2.22. The van der Waals surface area contributed by atoms with E-state index in [2.05, 4.69) is 35.0 Å². The van der Waals surface area contributed by atoms with Crippen LogP contribution in [0.4, 0.5) is 0 Å². The molecule has 1 fully saturated rings. The minimum absolute atomic E-state index is 0.273. The van der Waals surface area contributed by atoms with Gasteiger partial charge in [0.05, 0.1) is 11.6 Å². The minimum Gasteiger partial charge on any atom is -0.393 e. The van der Waals surface area contributed by atoms with Crippen molar-refractivity contribution < 1.29 is 5.11 Å². The summed E-state index contributed by atoms with van der Waals surface area (Å²) in [6, 6.07) is 8.56. The van der Waals surface area contributed by atoms with Crippen LogP contribution in [0.2, 0.25) is 0 Å². The standard InChI is InChI=1S/C15H19NO/c1-11(17)9-14-4-2-3-13-7-8-16(15(13)14)10-12-5-6-12/h2-4,7-8,11-12,17H,5-6,9-10H2,1H3. The molecule has 1 atom stereocenters. The molecule has 1 heterocycles. The summed E-state index contributed by atoms with van der Waals surface area (Å²) in [6.07, 6.45) is 5.40. The Kier molecular flexibility index (Phi) is 2.67. The maximum atomic E-state index is 9.58. The highest BCUT2D eigenvalue weighted by atomic mass is 16.3. The van der Waals surface area contributed by atoms with Gasteiger partial charge in [0.2, 0.25) is 0 Å². The van der Waals surface area contributed by atoms with Gasteiger partial charge in [0.1, 0.15) is 0 Å². The van der Waals surface area contributed by atoms with Gasteiger partial charge in [0.15, 0.2) is 0 Å². The molecule has 0 aliphatic heterocycles. The van der Waals surface area contributed by atoms with Gasteiger partial charge < -0.3 is 9.67 Å². The molecule has 1 unspecified atom stereocenters. The molecule has 1 aliphatic rings. The number of para-hydroxylation sites is 1. The highest BCUT2D eigenvalue weighted by Crippen LogP contribution is 2.32. The Labute approximate surface area is 102 Å². The van der Waals surface area contributed by atoms with Crippen molar-refractivity contribution in [2.75, 3.05) is 0 Å². The van der Waals surface area contributed by atoms with Gasteiger partial charge in [-0.1, -0.05) is 18.2 Å². The minimum atomic E-state index is -0.273. The number of hydrogen-bond acceptors (Lipinski definition) is 1. The van der Waals surface area contributed by atoms with E-state index in [4.69, 9.17) is 0 Å². The van der Waals surface area contributed by atoms with Crippen LogP contribution in [0.25, 0.3) is 10.9 Å². The number of hydrogen-bond donors (Lipinski definition) is 1. The molecular weight excluding hydrogens is 210 g/mol. The summed E-state index contributed by atoms with van der Waals surface area (Å²) in [5.74, 6) is 0.880. The zero-order valence-electron chi connectivity index (χ0n) is 10.3. The van der Waals surface area contributed by atoms with E-state index in [1.165, 1.54) is 29.3 Å². The first kappa shape index (κ1) is 10.8. The molecule has 1 aromatic heterocycles. The molecule has 2 aromatic rings. The highest BCUT2D eigenvalue weighted by molar-refractivity contribution is 5.83. The van der Waals surface area contributed by atoms with Gasteiger partial charge in [-0.3, -0.25) is 0 Å². The SMILES string of the molecule is CC(O)Cc1cccc2ccn(CC3CC3)c12. The molecule has 17 heavy (non-hydrogen) atoms. The molecule has 2 nitrogen and oxygen atoms in total. The Balaban J connectivity index is 2.03. The fourth-order valence-electron chi connectivity index (χ4n) is 2.55. The zero-order chi connectivity index (χ0) is 11.8. The van der Waals surface area contributed by atoms with Crippen molar-refractivity contribution in [3.63, 3.8) is 0 Å². The maximum absolute atomic E-state index is 9.58. The van der Waals surface area contributed by atoms with Crippen molar-refractivity contribution in [3.05, 3.63) is 36.0 Å². The topological polar surface area (TPSA) is 25.2 Å². The van der Waals surface area contributed by atoms with E-state index in [0.717, 1.165) is 18.9 Å². The summed E-state index contributed by atoms with van der Waals surface area (Å²) in [5, 5.41) is 10.9. The van der Waals surface area contributed by atoms with Gasteiger partial charge in [0.25, 0.3) is 0 Å². The predicted molar refractivity (Wildman–Crippen MR) is 70.0 cm³/mol. The van der Waals surface area contributed by atoms with Crippen molar-refractivity contribution in [2.45, 2.75) is 38.8 Å². The van der Waals surface area contributed by atoms with Crippen molar-refractivity contribution in [3.8, 4) is 0 Å². The normalized spacial score (nSPS) is 17.5. The lowest BCUT2D eigenvalue weighted by molar-refractivity contribution is 0.196. The lowest BCUT2D eigenvalue weighted by atomic mass is 10.1. The molecule has 1 N–H and O–H groups in total. The van der Waals surface area contributed by atoms with Crippen LogP contribution in [0, 0.1) is 5.92 Å². The smallest absolute Gasteiger partial charge is 0.0553 e. The van der Waals surface area contributed by atoms with E-state index in [9.17, 15) is 5.11 Å². The number of nitrogens with zero attached hydrogens (tertiary/aromatic N) is 1. The average Bonchev–Trinajstić information content (AvgIpc) is 2.99. The highest BCUT2D eigenvalue weighted by Gasteiger charge is 2.22. The summed E-state index contributed by atoms with van der Waals surface area (Å²) in [6.45, 7) is 2.99. The van der Waals surface area contributed by atoms with Gasteiger partial charge in [0, 0.05) is 19.2 Å². The van der Waals surface area contributed by atoms with Crippen LogP contribution < -0.4 is 0 Å². The van der Waals surface area contributed by atoms with Gasteiger partial charge in [-0.15, -0.1) is 0 Å². The summed E-state index contributed by atoms with van der Waals surface area (Å²) in [7, 11) is 0. The number of fused-ring (bicyclic) bond motifs is 1. The Morgan fingerprint density at radius 1 is 1.35 bits per heavy atom. The molecular formula is C15H19NO. The third-order valence-electron chi connectivity index (χ3n) is 3.54. The second-order valence-corrected chi connectivity index (χ2v) is 5.32. The predicted octanol–water partition coefficient (Wildman–Crippen LogP) is 2.97. The van der Waals surface area contributed by atoms with Gasteiger partial charge in [-0.2, -0.15) is 0 Å². The van der Waals surface area contributed by atoms with E-state index in [1.54, 1.807) is 0 Å².